The lowest BCUT2D eigenvalue weighted by Crippen LogP contribution is -2.45. The molecule has 0 bridgehead atoms. The Balaban J connectivity index is 2.84. The maximum atomic E-state index is 12.2. The highest BCUT2D eigenvalue weighted by molar-refractivity contribution is 7.89. The SMILES string of the molecule is Cc1cccc(N)c1S(=O)(=O)NCC(=O)NC(C)(C)C. The molecule has 1 amide bonds. The Bertz CT molecular complexity index is 584. The average molecular weight is 299 g/mol. The van der Waals surface area contributed by atoms with Crippen LogP contribution in [0.15, 0.2) is 23.1 Å². The standard InChI is InChI=1S/C13H21N3O3S/c1-9-6-5-7-10(14)12(9)20(18,19)15-8-11(17)16-13(2,3)4/h5-7,15H,8,14H2,1-4H3,(H,16,17). The van der Waals surface area contributed by atoms with Crippen LogP contribution in [0.25, 0.3) is 0 Å². The number of nitrogens with one attached hydrogen (secondary N) is 2. The fourth-order valence-corrected chi connectivity index (χ4v) is 3.07. The summed E-state index contributed by atoms with van der Waals surface area (Å²) in [5.41, 5.74) is 5.98. The number of rotatable bonds is 4. The van der Waals surface area contributed by atoms with Gasteiger partial charge >= 0.3 is 0 Å². The van der Waals surface area contributed by atoms with Crippen LogP contribution in [-0.2, 0) is 14.8 Å². The van der Waals surface area contributed by atoms with Crippen LogP contribution in [0, 0.1) is 6.92 Å². The van der Waals surface area contributed by atoms with Gasteiger partial charge in [-0.25, -0.2) is 13.1 Å². The molecule has 0 unspecified atom stereocenters. The Kier molecular flexibility index (Phi) is 4.77. The van der Waals surface area contributed by atoms with E-state index in [-0.39, 0.29) is 17.1 Å². The van der Waals surface area contributed by atoms with Crippen molar-refractivity contribution in [3.63, 3.8) is 0 Å². The molecular formula is C13H21N3O3S. The smallest absolute Gasteiger partial charge is 0.243 e. The normalized spacial score (nSPS) is 12.2. The molecule has 7 heteroatoms. The third kappa shape index (κ3) is 4.50. The summed E-state index contributed by atoms with van der Waals surface area (Å²) in [6, 6.07) is 4.84. The Morgan fingerprint density at radius 3 is 2.40 bits per heavy atom. The Morgan fingerprint density at radius 2 is 1.90 bits per heavy atom. The van der Waals surface area contributed by atoms with Crippen LogP contribution < -0.4 is 15.8 Å². The number of amides is 1. The zero-order chi connectivity index (χ0) is 15.6. The zero-order valence-corrected chi connectivity index (χ0v) is 13.0. The lowest BCUT2D eigenvalue weighted by Gasteiger charge is -2.20. The molecule has 0 heterocycles. The van der Waals surface area contributed by atoms with Crippen molar-refractivity contribution >= 4 is 21.6 Å². The molecule has 0 aliphatic rings. The number of carbonyl (C=O) groups is 1. The van der Waals surface area contributed by atoms with E-state index in [1.54, 1.807) is 19.1 Å². The Hall–Kier alpha value is -1.60. The van der Waals surface area contributed by atoms with E-state index in [0.29, 0.717) is 5.56 Å². The number of anilines is 1. The molecule has 0 radical (unpaired) electrons. The van der Waals surface area contributed by atoms with Gasteiger partial charge in [-0.15, -0.1) is 0 Å². The number of sulfonamides is 1. The number of carbonyl (C=O) groups excluding carboxylic acids is 1. The van der Waals surface area contributed by atoms with Crippen molar-refractivity contribution in [3.8, 4) is 0 Å². The van der Waals surface area contributed by atoms with E-state index in [0.717, 1.165) is 0 Å². The molecule has 0 aromatic heterocycles. The van der Waals surface area contributed by atoms with Gasteiger partial charge in [0.05, 0.1) is 12.2 Å². The first kappa shape index (κ1) is 16.5. The number of benzene rings is 1. The summed E-state index contributed by atoms with van der Waals surface area (Å²) in [4.78, 5) is 11.7. The second-order valence-electron chi connectivity index (χ2n) is 5.62. The van der Waals surface area contributed by atoms with Gasteiger partial charge in [-0.2, -0.15) is 0 Å². The van der Waals surface area contributed by atoms with Crippen molar-refractivity contribution in [1.29, 1.82) is 0 Å². The van der Waals surface area contributed by atoms with Gasteiger partial charge in [0.1, 0.15) is 4.90 Å². The third-order valence-corrected chi connectivity index (χ3v) is 4.07. The fourth-order valence-electron chi connectivity index (χ4n) is 1.74. The maximum absolute atomic E-state index is 12.2. The van der Waals surface area contributed by atoms with Gasteiger partial charge in [0.25, 0.3) is 0 Å². The molecule has 0 aliphatic carbocycles. The molecule has 1 aromatic carbocycles. The molecule has 20 heavy (non-hydrogen) atoms. The molecular weight excluding hydrogens is 278 g/mol. The molecule has 0 aliphatic heterocycles. The molecule has 112 valence electrons. The van der Waals surface area contributed by atoms with E-state index in [9.17, 15) is 13.2 Å². The molecule has 6 nitrogen and oxygen atoms in total. The molecule has 1 rings (SSSR count). The Morgan fingerprint density at radius 1 is 1.30 bits per heavy atom. The summed E-state index contributed by atoms with van der Waals surface area (Å²) in [6.45, 7) is 6.78. The van der Waals surface area contributed by atoms with Crippen molar-refractivity contribution in [2.24, 2.45) is 0 Å². The molecule has 0 fully saturated rings. The predicted octanol–water partition coefficient (Wildman–Crippen LogP) is 0.770. The molecule has 4 N–H and O–H groups in total. The van der Waals surface area contributed by atoms with E-state index >= 15 is 0 Å². The van der Waals surface area contributed by atoms with Crippen LogP contribution in [0.5, 0.6) is 0 Å². The highest BCUT2D eigenvalue weighted by Gasteiger charge is 2.21. The van der Waals surface area contributed by atoms with Gasteiger partial charge in [-0.05, 0) is 39.3 Å². The molecule has 0 saturated carbocycles. The second-order valence-corrected chi connectivity index (χ2v) is 7.32. The van der Waals surface area contributed by atoms with E-state index in [4.69, 9.17) is 5.73 Å². The molecule has 1 aromatic rings. The minimum absolute atomic E-state index is 0.0172. The van der Waals surface area contributed by atoms with Crippen LogP contribution in [0.3, 0.4) is 0 Å². The highest BCUT2D eigenvalue weighted by atomic mass is 32.2. The number of nitrogen functional groups attached to an aromatic ring is 1. The molecule has 0 atom stereocenters. The van der Waals surface area contributed by atoms with Gasteiger partial charge in [0.2, 0.25) is 15.9 Å². The van der Waals surface area contributed by atoms with E-state index in [1.165, 1.54) is 6.07 Å². The van der Waals surface area contributed by atoms with Crippen LogP contribution in [-0.4, -0.2) is 26.4 Å². The number of aryl methyl sites for hydroxylation is 1. The number of hydrogen-bond donors (Lipinski definition) is 3. The first-order chi connectivity index (χ1) is 9.03. The zero-order valence-electron chi connectivity index (χ0n) is 12.1. The first-order valence-electron chi connectivity index (χ1n) is 6.19. The van der Waals surface area contributed by atoms with Crippen molar-refractivity contribution in [2.75, 3.05) is 12.3 Å². The highest BCUT2D eigenvalue weighted by Crippen LogP contribution is 2.21. The minimum Gasteiger partial charge on any atom is -0.398 e. The monoisotopic (exact) mass is 299 g/mol. The second kappa shape index (κ2) is 5.80. The average Bonchev–Trinajstić information content (AvgIpc) is 2.23. The summed E-state index contributed by atoms with van der Waals surface area (Å²) >= 11 is 0. The summed E-state index contributed by atoms with van der Waals surface area (Å²) < 4.78 is 26.6. The van der Waals surface area contributed by atoms with Crippen LogP contribution in [0.2, 0.25) is 0 Å². The largest absolute Gasteiger partial charge is 0.398 e. The number of hydrogen-bond acceptors (Lipinski definition) is 4. The van der Waals surface area contributed by atoms with Crippen molar-refractivity contribution in [1.82, 2.24) is 10.0 Å². The van der Waals surface area contributed by atoms with E-state index < -0.39 is 21.5 Å². The number of nitrogens with two attached hydrogens (primary N) is 1. The topological polar surface area (TPSA) is 101 Å². The summed E-state index contributed by atoms with van der Waals surface area (Å²) in [5.74, 6) is -0.395. The Labute approximate surface area is 119 Å². The van der Waals surface area contributed by atoms with Gasteiger partial charge in [0.15, 0.2) is 0 Å². The van der Waals surface area contributed by atoms with Crippen LogP contribution in [0.1, 0.15) is 26.3 Å². The van der Waals surface area contributed by atoms with E-state index in [2.05, 4.69) is 10.0 Å². The van der Waals surface area contributed by atoms with Crippen molar-refractivity contribution in [3.05, 3.63) is 23.8 Å². The summed E-state index contributed by atoms with van der Waals surface area (Å²) in [5, 5.41) is 2.68. The van der Waals surface area contributed by atoms with Crippen LogP contribution in [0.4, 0.5) is 5.69 Å². The van der Waals surface area contributed by atoms with Crippen molar-refractivity contribution < 1.29 is 13.2 Å². The summed E-state index contributed by atoms with van der Waals surface area (Å²) in [6.07, 6.45) is 0. The lowest BCUT2D eigenvalue weighted by atomic mass is 10.1. The molecule has 0 saturated heterocycles. The van der Waals surface area contributed by atoms with Crippen molar-refractivity contribution in [2.45, 2.75) is 38.1 Å². The molecule has 0 spiro atoms. The first-order valence-corrected chi connectivity index (χ1v) is 7.67. The minimum atomic E-state index is -3.81. The van der Waals surface area contributed by atoms with Crippen LogP contribution >= 0.6 is 0 Å². The maximum Gasteiger partial charge on any atom is 0.243 e. The van der Waals surface area contributed by atoms with E-state index in [1.807, 2.05) is 20.8 Å². The van der Waals surface area contributed by atoms with Gasteiger partial charge < -0.3 is 11.1 Å². The predicted molar refractivity (Wildman–Crippen MR) is 78.7 cm³/mol. The third-order valence-electron chi connectivity index (χ3n) is 2.45. The summed E-state index contributed by atoms with van der Waals surface area (Å²) in [7, 11) is -3.81. The quantitative estimate of drug-likeness (QED) is 0.715. The lowest BCUT2D eigenvalue weighted by molar-refractivity contribution is -0.121. The van der Waals surface area contributed by atoms with Gasteiger partial charge in [-0.1, -0.05) is 12.1 Å². The fraction of sp³-hybridized carbons (Fsp3) is 0.462. The van der Waals surface area contributed by atoms with Gasteiger partial charge in [-0.3, -0.25) is 4.79 Å². The van der Waals surface area contributed by atoms with Gasteiger partial charge in [0, 0.05) is 5.54 Å².